The maximum absolute atomic E-state index is 12.7. The van der Waals surface area contributed by atoms with E-state index in [9.17, 15) is 4.79 Å². The molecule has 1 saturated heterocycles. The molecular weight excluding hydrogens is 260 g/mol. The van der Waals surface area contributed by atoms with Crippen LogP contribution in [0.2, 0.25) is 0 Å². The van der Waals surface area contributed by atoms with E-state index in [4.69, 9.17) is 0 Å². The molecule has 2 atom stereocenters. The summed E-state index contributed by atoms with van der Waals surface area (Å²) >= 11 is 0. The highest BCUT2D eigenvalue weighted by molar-refractivity contribution is 5.84. The van der Waals surface area contributed by atoms with Gasteiger partial charge in [0.2, 0.25) is 5.91 Å². The standard InChI is InChI=1S/C18H28N2O/c1-7-15-17(21)20(11-18(4,5)6)16(19-15)14-10-12(2)8-9-13(14)3/h8-10,15-16,19H,7,11H2,1-6H3. The minimum Gasteiger partial charge on any atom is -0.321 e. The smallest absolute Gasteiger partial charge is 0.241 e. The molecule has 1 aromatic carbocycles. The largest absolute Gasteiger partial charge is 0.321 e. The zero-order valence-corrected chi connectivity index (χ0v) is 14.2. The predicted octanol–water partition coefficient (Wildman–Crippen LogP) is 3.56. The second-order valence-electron chi connectivity index (χ2n) is 7.42. The lowest BCUT2D eigenvalue weighted by Crippen LogP contribution is -2.37. The first-order valence-corrected chi connectivity index (χ1v) is 7.86. The van der Waals surface area contributed by atoms with Gasteiger partial charge in [-0.2, -0.15) is 0 Å². The summed E-state index contributed by atoms with van der Waals surface area (Å²) in [5.41, 5.74) is 3.79. The molecule has 0 bridgehead atoms. The fourth-order valence-electron chi connectivity index (χ4n) is 2.96. The number of rotatable bonds is 3. The van der Waals surface area contributed by atoms with Crippen molar-refractivity contribution in [1.82, 2.24) is 10.2 Å². The molecule has 21 heavy (non-hydrogen) atoms. The highest BCUT2D eigenvalue weighted by atomic mass is 16.2. The van der Waals surface area contributed by atoms with Crippen LogP contribution in [0.25, 0.3) is 0 Å². The summed E-state index contributed by atoms with van der Waals surface area (Å²) in [4.78, 5) is 14.7. The summed E-state index contributed by atoms with van der Waals surface area (Å²) in [5, 5.41) is 3.52. The third-order valence-electron chi connectivity index (χ3n) is 4.03. The van der Waals surface area contributed by atoms with Gasteiger partial charge in [-0.05, 0) is 36.8 Å². The van der Waals surface area contributed by atoms with E-state index in [1.165, 1.54) is 16.7 Å². The van der Waals surface area contributed by atoms with Crippen molar-refractivity contribution in [2.75, 3.05) is 6.54 Å². The van der Waals surface area contributed by atoms with Crippen molar-refractivity contribution < 1.29 is 4.79 Å². The van der Waals surface area contributed by atoms with Crippen LogP contribution in [0, 0.1) is 19.3 Å². The van der Waals surface area contributed by atoms with Gasteiger partial charge in [0.25, 0.3) is 0 Å². The molecule has 0 spiro atoms. The van der Waals surface area contributed by atoms with Gasteiger partial charge < -0.3 is 4.90 Å². The van der Waals surface area contributed by atoms with Gasteiger partial charge in [0, 0.05) is 6.54 Å². The van der Waals surface area contributed by atoms with Crippen molar-refractivity contribution >= 4 is 5.91 Å². The lowest BCUT2D eigenvalue weighted by Gasteiger charge is -2.32. The topological polar surface area (TPSA) is 32.3 Å². The van der Waals surface area contributed by atoms with Gasteiger partial charge in [0.05, 0.1) is 6.04 Å². The normalized spacial score (nSPS) is 23.0. The van der Waals surface area contributed by atoms with E-state index in [1.807, 2.05) is 4.90 Å². The van der Waals surface area contributed by atoms with Crippen molar-refractivity contribution in [2.45, 2.75) is 60.2 Å². The number of carbonyl (C=O) groups excluding carboxylic acids is 1. The average Bonchev–Trinajstić information content (AvgIpc) is 2.68. The van der Waals surface area contributed by atoms with Crippen molar-refractivity contribution in [3.63, 3.8) is 0 Å². The molecule has 1 fully saturated rings. The first kappa shape index (κ1) is 16.0. The summed E-state index contributed by atoms with van der Waals surface area (Å²) in [5.74, 6) is 0.235. The van der Waals surface area contributed by atoms with Crippen molar-refractivity contribution in [2.24, 2.45) is 5.41 Å². The molecule has 1 aliphatic rings. The van der Waals surface area contributed by atoms with Gasteiger partial charge in [0.15, 0.2) is 0 Å². The quantitative estimate of drug-likeness (QED) is 0.922. The second-order valence-corrected chi connectivity index (χ2v) is 7.42. The highest BCUT2D eigenvalue weighted by Crippen LogP contribution is 2.32. The molecule has 3 nitrogen and oxygen atoms in total. The van der Waals surface area contributed by atoms with Gasteiger partial charge in [-0.3, -0.25) is 10.1 Å². The van der Waals surface area contributed by atoms with Gasteiger partial charge >= 0.3 is 0 Å². The van der Waals surface area contributed by atoms with E-state index in [1.54, 1.807) is 0 Å². The van der Waals surface area contributed by atoms with Crippen LogP contribution in [0.4, 0.5) is 0 Å². The summed E-state index contributed by atoms with van der Waals surface area (Å²) in [6.45, 7) is 13.6. The van der Waals surface area contributed by atoms with Crippen molar-refractivity contribution in [3.8, 4) is 0 Å². The Morgan fingerprint density at radius 2 is 1.90 bits per heavy atom. The molecule has 1 heterocycles. The van der Waals surface area contributed by atoms with E-state index in [-0.39, 0.29) is 23.5 Å². The molecule has 2 rings (SSSR count). The van der Waals surface area contributed by atoms with Crippen LogP contribution in [0.5, 0.6) is 0 Å². The molecule has 1 aromatic rings. The van der Waals surface area contributed by atoms with Crippen molar-refractivity contribution in [3.05, 3.63) is 34.9 Å². The van der Waals surface area contributed by atoms with Gasteiger partial charge in [-0.25, -0.2) is 0 Å². The van der Waals surface area contributed by atoms with E-state index in [0.29, 0.717) is 0 Å². The van der Waals surface area contributed by atoms with Crippen LogP contribution in [0.3, 0.4) is 0 Å². The van der Waals surface area contributed by atoms with Gasteiger partial charge in [0.1, 0.15) is 6.17 Å². The second kappa shape index (κ2) is 5.80. The molecule has 3 heteroatoms. The maximum Gasteiger partial charge on any atom is 0.241 e. The molecule has 116 valence electrons. The Kier molecular flexibility index (Phi) is 4.43. The molecule has 1 aliphatic heterocycles. The number of aryl methyl sites for hydroxylation is 2. The first-order valence-electron chi connectivity index (χ1n) is 7.86. The summed E-state index contributed by atoms with van der Waals surface area (Å²) in [7, 11) is 0. The van der Waals surface area contributed by atoms with Crippen LogP contribution in [-0.4, -0.2) is 23.4 Å². The lowest BCUT2D eigenvalue weighted by molar-refractivity contribution is -0.131. The first-order chi connectivity index (χ1) is 9.73. The third-order valence-corrected chi connectivity index (χ3v) is 4.03. The SMILES string of the molecule is CCC1NC(c2cc(C)ccc2C)N(CC(C)(C)C)C1=O. The van der Waals surface area contributed by atoms with Gasteiger partial charge in [-0.15, -0.1) is 0 Å². The minimum absolute atomic E-state index is 0.00146. The number of amides is 1. The molecule has 1 N–H and O–H groups in total. The fourth-order valence-corrected chi connectivity index (χ4v) is 2.96. The number of carbonyl (C=O) groups is 1. The van der Waals surface area contributed by atoms with Crippen LogP contribution in [-0.2, 0) is 4.79 Å². The van der Waals surface area contributed by atoms with E-state index in [2.05, 4.69) is 65.1 Å². The minimum atomic E-state index is -0.0581. The Labute approximate surface area is 128 Å². The average molecular weight is 288 g/mol. The Bertz CT molecular complexity index is 531. The zero-order chi connectivity index (χ0) is 15.8. The molecule has 1 amide bonds. The summed E-state index contributed by atoms with van der Waals surface area (Å²) in [6.07, 6.45) is 0.836. The number of hydrogen-bond acceptors (Lipinski definition) is 2. The van der Waals surface area contributed by atoms with E-state index in [0.717, 1.165) is 13.0 Å². The monoisotopic (exact) mass is 288 g/mol. The zero-order valence-electron chi connectivity index (χ0n) is 14.2. The van der Waals surface area contributed by atoms with E-state index < -0.39 is 0 Å². The number of nitrogens with one attached hydrogen (secondary N) is 1. The van der Waals surface area contributed by atoms with Gasteiger partial charge in [-0.1, -0.05) is 51.5 Å². The Morgan fingerprint density at radius 1 is 1.24 bits per heavy atom. The Hall–Kier alpha value is -1.35. The summed E-state index contributed by atoms with van der Waals surface area (Å²) < 4.78 is 0. The van der Waals surface area contributed by atoms with Crippen LogP contribution in [0.15, 0.2) is 18.2 Å². The third kappa shape index (κ3) is 3.46. The molecule has 2 unspecified atom stereocenters. The van der Waals surface area contributed by atoms with Crippen LogP contribution < -0.4 is 5.32 Å². The van der Waals surface area contributed by atoms with E-state index >= 15 is 0 Å². The number of nitrogens with zero attached hydrogens (tertiary/aromatic N) is 1. The van der Waals surface area contributed by atoms with Crippen LogP contribution in [0.1, 0.15) is 57.0 Å². The Morgan fingerprint density at radius 3 is 2.48 bits per heavy atom. The molecule has 0 aromatic heterocycles. The summed E-state index contributed by atoms with van der Waals surface area (Å²) in [6, 6.07) is 6.41. The lowest BCUT2D eigenvalue weighted by atomic mass is 9.95. The maximum atomic E-state index is 12.7. The Balaban J connectivity index is 2.39. The van der Waals surface area contributed by atoms with Crippen molar-refractivity contribution in [1.29, 1.82) is 0 Å². The number of benzene rings is 1. The van der Waals surface area contributed by atoms with Crippen LogP contribution >= 0.6 is 0 Å². The molecule has 0 saturated carbocycles. The fraction of sp³-hybridized carbons (Fsp3) is 0.611. The molecule has 0 radical (unpaired) electrons. The molecular formula is C18H28N2O. The predicted molar refractivity (Wildman–Crippen MR) is 87.0 cm³/mol. The number of hydrogen-bond donors (Lipinski definition) is 1. The molecule has 0 aliphatic carbocycles. The highest BCUT2D eigenvalue weighted by Gasteiger charge is 2.40.